The Morgan fingerprint density at radius 2 is 1.61 bits per heavy atom. The lowest BCUT2D eigenvalue weighted by atomic mass is 10.2. The summed E-state index contributed by atoms with van der Waals surface area (Å²) in [7, 11) is -2.71. The Morgan fingerprint density at radius 3 is 2.21 bits per heavy atom. The monoisotopic (exact) mass is 403 g/mol. The molecule has 3 rings (SSSR count). The number of benzene rings is 2. The maximum Gasteiger partial charge on any atom is 0.326 e. The van der Waals surface area contributed by atoms with Crippen LogP contribution in [0.15, 0.2) is 65.6 Å². The van der Waals surface area contributed by atoms with Crippen LogP contribution >= 0.6 is 0 Å². The average Bonchev–Trinajstić information content (AvgIpc) is 2.74. The summed E-state index contributed by atoms with van der Waals surface area (Å²) in [6.45, 7) is 0.0365. The number of nitrogens with one attached hydrogen (secondary N) is 1. The van der Waals surface area contributed by atoms with Gasteiger partial charge in [-0.3, -0.25) is 4.79 Å². The van der Waals surface area contributed by atoms with Crippen LogP contribution < -0.4 is 5.32 Å². The van der Waals surface area contributed by atoms with Gasteiger partial charge in [0.05, 0.1) is 12.0 Å². The maximum atomic E-state index is 13.0. The smallest absolute Gasteiger partial charge is 0.326 e. The molecule has 1 aliphatic rings. The minimum Gasteiger partial charge on any atom is -0.468 e. The van der Waals surface area contributed by atoms with Crippen LogP contribution in [0.5, 0.6) is 0 Å². The van der Waals surface area contributed by atoms with Crippen LogP contribution in [0, 0.1) is 0 Å². The fourth-order valence-electron chi connectivity index (χ4n) is 3.02. The third-order valence-electron chi connectivity index (χ3n) is 4.47. The molecule has 0 radical (unpaired) electrons. The lowest BCUT2D eigenvalue weighted by Crippen LogP contribution is -2.60. The zero-order chi connectivity index (χ0) is 20.1. The van der Waals surface area contributed by atoms with E-state index in [1.807, 2.05) is 6.07 Å². The highest BCUT2D eigenvalue weighted by Crippen LogP contribution is 2.22. The molecule has 8 nitrogen and oxygen atoms in total. The van der Waals surface area contributed by atoms with Crippen molar-refractivity contribution < 1.29 is 22.7 Å². The molecular weight excluding hydrogens is 382 g/mol. The summed E-state index contributed by atoms with van der Waals surface area (Å²) in [6, 6.07) is 15.2. The Morgan fingerprint density at radius 1 is 1.00 bits per heavy atom. The molecule has 0 aromatic heterocycles. The molecule has 1 aliphatic heterocycles. The lowest BCUT2D eigenvalue weighted by molar-refractivity contribution is -0.146. The lowest BCUT2D eigenvalue weighted by Gasteiger charge is -2.38. The van der Waals surface area contributed by atoms with Crippen LogP contribution in [0.4, 0.5) is 10.5 Å². The van der Waals surface area contributed by atoms with Gasteiger partial charge in [0.1, 0.15) is 6.04 Å². The number of carbonyl (C=O) groups excluding carboxylic acids is 2. The first-order valence-corrected chi connectivity index (χ1v) is 10.1. The third kappa shape index (κ3) is 4.15. The summed E-state index contributed by atoms with van der Waals surface area (Å²) in [5.41, 5.74) is 0.612. The molecule has 0 aliphatic carbocycles. The van der Waals surface area contributed by atoms with Crippen LogP contribution in [-0.2, 0) is 19.6 Å². The number of ether oxygens (including phenoxy) is 1. The Labute approximate surface area is 163 Å². The number of rotatable bonds is 4. The SMILES string of the molecule is COC(=O)[C@@H]1CN(C(=O)Nc2ccccc2)CCN1S(=O)(=O)c1ccccc1. The highest BCUT2D eigenvalue weighted by atomic mass is 32.2. The fraction of sp³-hybridized carbons (Fsp3) is 0.263. The number of nitrogens with zero attached hydrogens (tertiary/aromatic N) is 2. The van der Waals surface area contributed by atoms with E-state index in [-0.39, 0.29) is 24.5 Å². The molecule has 1 fully saturated rings. The Kier molecular flexibility index (Phi) is 5.96. The van der Waals surface area contributed by atoms with Crippen molar-refractivity contribution >= 4 is 27.7 Å². The molecule has 1 atom stereocenters. The van der Waals surface area contributed by atoms with E-state index in [1.54, 1.807) is 42.5 Å². The maximum absolute atomic E-state index is 13.0. The molecule has 0 bridgehead atoms. The number of urea groups is 1. The van der Waals surface area contributed by atoms with Gasteiger partial charge >= 0.3 is 12.0 Å². The second kappa shape index (κ2) is 8.41. The van der Waals surface area contributed by atoms with E-state index in [1.165, 1.54) is 24.1 Å². The number of sulfonamides is 1. The van der Waals surface area contributed by atoms with Crippen molar-refractivity contribution in [3.63, 3.8) is 0 Å². The minimum atomic E-state index is -3.90. The molecule has 2 aromatic carbocycles. The summed E-state index contributed by atoms with van der Waals surface area (Å²) < 4.78 is 31.9. The largest absolute Gasteiger partial charge is 0.468 e. The number of amides is 2. The highest BCUT2D eigenvalue weighted by Gasteiger charge is 2.42. The summed E-state index contributed by atoms with van der Waals surface area (Å²) in [5, 5.41) is 2.74. The molecule has 9 heteroatoms. The third-order valence-corrected chi connectivity index (χ3v) is 6.39. The van der Waals surface area contributed by atoms with Crippen molar-refractivity contribution in [2.45, 2.75) is 10.9 Å². The van der Waals surface area contributed by atoms with Gasteiger partial charge in [-0.15, -0.1) is 0 Å². The number of para-hydroxylation sites is 1. The predicted molar refractivity (Wildman–Crippen MR) is 103 cm³/mol. The van der Waals surface area contributed by atoms with Gasteiger partial charge in [0.25, 0.3) is 0 Å². The van der Waals surface area contributed by atoms with Gasteiger partial charge in [-0.1, -0.05) is 36.4 Å². The quantitative estimate of drug-likeness (QED) is 0.785. The first kappa shape index (κ1) is 19.8. The Balaban J connectivity index is 1.80. The molecule has 28 heavy (non-hydrogen) atoms. The fourth-order valence-corrected chi connectivity index (χ4v) is 4.60. The molecule has 0 spiro atoms. The molecule has 1 N–H and O–H groups in total. The summed E-state index contributed by atoms with van der Waals surface area (Å²) >= 11 is 0. The molecule has 2 aromatic rings. The molecule has 1 saturated heterocycles. The van der Waals surface area contributed by atoms with Gasteiger partial charge in [-0.2, -0.15) is 4.31 Å². The number of carbonyl (C=O) groups is 2. The van der Waals surface area contributed by atoms with E-state index >= 15 is 0 Å². The number of anilines is 1. The molecule has 0 unspecified atom stereocenters. The zero-order valence-corrected chi connectivity index (χ0v) is 16.1. The van der Waals surface area contributed by atoms with Crippen LogP contribution in [0.1, 0.15) is 0 Å². The summed E-state index contributed by atoms with van der Waals surface area (Å²) in [5.74, 6) is -0.711. The van der Waals surface area contributed by atoms with E-state index in [0.29, 0.717) is 5.69 Å². The van der Waals surface area contributed by atoms with Crippen molar-refractivity contribution in [2.75, 3.05) is 32.1 Å². The van der Waals surface area contributed by atoms with E-state index in [4.69, 9.17) is 4.74 Å². The second-order valence-electron chi connectivity index (χ2n) is 6.21. The second-order valence-corrected chi connectivity index (χ2v) is 8.10. The van der Waals surface area contributed by atoms with Crippen molar-refractivity contribution in [3.05, 3.63) is 60.7 Å². The average molecular weight is 403 g/mol. The molecule has 2 amide bonds. The van der Waals surface area contributed by atoms with Crippen molar-refractivity contribution in [1.82, 2.24) is 9.21 Å². The number of piperazine rings is 1. The number of hydrogen-bond acceptors (Lipinski definition) is 5. The standard InChI is InChI=1S/C19H21N3O5S/c1-27-18(23)17-14-21(19(24)20-15-8-4-2-5-9-15)12-13-22(17)28(25,26)16-10-6-3-7-11-16/h2-11,17H,12-14H2,1H3,(H,20,24)/t17-/m0/s1. The van der Waals surface area contributed by atoms with Gasteiger partial charge in [0.15, 0.2) is 0 Å². The molecule has 0 saturated carbocycles. The van der Waals surface area contributed by atoms with Crippen molar-refractivity contribution in [3.8, 4) is 0 Å². The zero-order valence-electron chi connectivity index (χ0n) is 15.3. The number of methoxy groups -OCH3 is 1. The van der Waals surface area contributed by atoms with E-state index in [0.717, 1.165) is 4.31 Å². The summed E-state index contributed by atoms with van der Waals surface area (Å²) in [4.78, 5) is 26.3. The Hall–Kier alpha value is -2.91. The van der Waals surface area contributed by atoms with Gasteiger partial charge < -0.3 is 15.0 Å². The van der Waals surface area contributed by atoms with Crippen molar-refractivity contribution in [2.24, 2.45) is 0 Å². The van der Waals surface area contributed by atoms with E-state index < -0.39 is 28.1 Å². The number of esters is 1. The van der Waals surface area contributed by atoms with Gasteiger partial charge in [0, 0.05) is 25.3 Å². The molecule has 148 valence electrons. The van der Waals surface area contributed by atoms with Crippen LogP contribution in [0.2, 0.25) is 0 Å². The van der Waals surface area contributed by atoms with Crippen molar-refractivity contribution in [1.29, 1.82) is 0 Å². The van der Waals surface area contributed by atoms with Gasteiger partial charge in [-0.25, -0.2) is 13.2 Å². The highest BCUT2D eigenvalue weighted by molar-refractivity contribution is 7.89. The minimum absolute atomic E-state index is 0.0147. The first-order chi connectivity index (χ1) is 13.4. The molecular formula is C19H21N3O5S. The molecule has 1 heterocycles. The van der Waals surface area contributed by atoms with Crippen LogP contribution in [0.25, 0.3) is 0 Å². The van der Waals surface area contributed by atoms with Gasteiger partial charge in [-0.05, 0) is 24.3 Å². The Bertz CT molecular complexity index is 935. The number of hydrogen-bond donors (Lipinski definition) is 1. The van der Waals surface area contributed by atoms with Gasteiger partial charge in [0.2, 0.25) is 10.0 Å². The van der Waals surface area contributed by atoms with Crippen LogP contribution in [0.3, 0.4) is 0 Å². The van der Waals surface area contributed by atoms with E-state index in [9.17, 15) is 18.0 Å². The first-order valence-electron chi connectivity index (χ1n) is 8.69. The normalized spacial score (nSPS) is 17.8. The van der Waals surface area contributed by atoms with Crippen LogP contribution in [-0.4, -0.2) is 62.4 Å². The van der Waals surface area contributed by atoms with E-state index in [2.05, 4.69) is 5.32 Å². The predicted octanol–water partition coefficient (Wildman–Crippen LogP) is 1.77. The summed E-state index contributed by atoms with van der Waals surface area (Å²) in [6.07, 6.45) is 0. The topological polar surface area (TPSA) is 96.0 Å².